The number of para-hydroxylation sites is 1. The highest BCUT2D eigenvalue weighted by atomic mass is 16.6. The van der Waals surface area contributed by atoms with E-state index in [1.54, 1.807) is 6.07 Å². The molecule has 3 rings (SSSR count). The van der Waals surface area contributed by atoms with Gasteiger partial charge in [-0.1, -0.05) is 30.3 Å². The third kappa shape index (κ3) is 2.28. The number of fused-ring (bicyclic) bond motifs is 1. The fourth-order valence-corrected chi connectivity index (χ4v) is 2.12. The maximum absolute atomic E-state index is 10.8. The van der Waals surface area contributed by atoms with Crippen molar-refractivity contribution in [3.8, 4) is 5.75 Å². The molecular weight excluding hydrogens is 244 g/mol. The van der Waals surface area contributed by atoms with Crippen LogP contribution in [0, 0.1) is 10.1 Å². The van der Waals surface area contributed by atoms with Gasteiger partial charge in [-0.15, -0.1) is 0 Å². The molecule has 0 bridgehead atoms. The molecule has 0 unspecified atom stereocenters. The van der Waals surface area contributed by atoms with Gasteiger partial charge in [0.25, 0.3) is 5.69 Å². The van der Waals surface area contributed by atoms with Crippen LogP contribution in [0.1, 0.15) is 17.4 Å². The lowest BCUT2D eigenvalue weighted by Crippen LogP contribution is -2.30. The zero-order valence-electron chi connectivity index (χ0n) is 10.1. The Balaban J connectivity index is 1.89. The summed E-state index contributed by atoms with van der Waals surface area (Å²) in [4.78, 5) is 10.4. The standard InChI is InChI=1S/C14H12N2O3/c17-16(18)12-6-3-5-10(8-12)14-15-9-11-4-1-2-7-13(11)19-14/h1-8,14-15H,9H2/t14-/m0/s1. The largest absolute Gasteiger partial charge is 0.471 e. The van der Waals surface area contributed by atoms with Crippen LogP contribution in [0.2, 0.25) is 0 Å². The minimum absolute atomic E-state index is 0.0711. The van der Waals surface area contributed by atoms with E-state index in [1.807, 2.05) is 30.3 Å². The van der Waals surface area contributed by atoms with E-state index < -0.39 is 4.92 Å². The molecule has 1 aliphatic rings. The van der Waals surface area contributed by atoms with E-state index in [1.165, 1.54) is 12.1 Å². The second kappa shape index (κ2) is 4.70. The molecule has 0 aromatic heterocycles. The van der Waals surface area contributed by atoms with Crippen molar-refractivity contribution in [1.29, 1.82) is 0 Å². The predicted molar refractivity (Wildman–Crippen MR) is 69.7 cm³/mol. The Kier molecular flexibility index (Phi) is 2.89. The Morgan fingerprint density at radius 2 is 2.05 bits per heavy atom. The molecule has 0 radical (unpaired) electrons. The Hall–Kier alpha value is -2.40. The number of benzene rings is 2. The smallest absolute Gasteiger partial charge is 0.269 e. The number of nitrogens with zero attached hydrogens (tertiary/aromatic N) is 1. The van der Waals surface area contributed by atoms with Crippen LogP contribution in [0.25, 0.3) is 0 Å². The molecule has 1 heterocycles. The number of hydrogen-bond acceptors (Lipinski definition) is 4. The van der Waals surface area contributed by atoms with Gasteiger partial charge in [0, 0.05) is 29.8 Å². The number of ether oxygens (including phenoxy) is 1. The monoisotopic (exact) mass is 256 g/mol. The second-order valence-corrected chi connectivity index (χ2v) is 4.34. The van der Waals surface area contributed by atoms with Crippen LogP contribution in [-0.4, -0.2) is 4.92 Å². The van der Waals surface area contributed by atoms with E-state index in [0.717, 1.165) is 16.9 Å². The van der Waals surface area contributed by atoms with Crippen LogP contribution in [0.5, 0.6) is 5.75 Å². The van der Waals surface area contributed by atoms with Gasteiger partial charge in [-0.3, -0.25) is 15.4 Å². The molecule has 5 heteroatoms. The van der Waals surface area contributed by atoms with Crippen LogP contribution < -0.4 is 10.1 Å². The summed E-state index contributed by atoms with van der Waals surface area (Å²) in [5.41, 5.74) is 1.91. The molecule has 0 amide bonds. The highest BCUT2D eigenvalue weighted by molar-refractivity contribution is 5.39. The molecule has 2 aromatic carbocycles. The van der Waals surface area contributed by atoms with Gasteiger partial charge in [-0.2, -0.15) is 0 Å². The molecule has 0 spiro atoms. The first-order valence-electron chi connectivity index (χ1n) is 5.96. The van der Waals surface area contributed by atoms with Crippen LogP contribution in [0.4, 0.5) is 5.69 Å². The number of rotatable bonds is 2. The number of non-ortho nitro benzene ring substituents is 1. The molecule has 0 aliphatic carbocycles. The summed E-state index contributed by atoms with van der Waals surface area (Å²) < 4.78 is 5.82. The molecule has 19 heavy (non-hydrogen) atoms. The van der Waals surface area contributed by atoms with Gasteiger partial charge in [0.1, 0.15) is 5.75 Å². The van der Waals surface area contributed by atoms with Gasteiger partial charge in [-0.25, -0.2) is 0 Å². The van der Waals surface area contributed by atoms with Crippen molar-refractivity contribution < 1.29 is 9.66 Å². The number of nitro groups is 1. The molecule has 1 N–H and O–H groups in total. The topological polar surface area (TPSA) is 64.4 Å². The fourth-order valence-electron chi connectivity index (χ4n) is 2.12. The molecule has 5 nitrogen and oxygen atoms in total. The molecule has 0 fully saturated rings. The van der Waals surface area contributed by atoms with Crippen molar-refractivity contribution in [2.75, 3.05) is 0 Å². The minimum Gasteiger partial charge on any atom is -0.471 e. The van der Waals surface area contributed by atoms with Gasteiger partial charge in [0.15, 0.2) is 6.23 Å². The lowest BCUT2D eigenvalue weighted by molar-refractivity contribution is -0.385. The molecule has 0 saturated carbocycles. The minimum atomic E-state index is -0.403. The molecule has 96 valence electrons. The fraction of sp³-hybridized carbons (Fsp3) is 0.143. The van der Waals surface area contributed by atoms with Crippen molar-refractivity contribution in [2.24, 2.45) is 0 Å². The van der Waals surface area contributed by atoms with Crippen molar-refractivity contribution in [2.45, 2.75) is 12.8 Å². The lowest BCUT2D eigenvalue weighted by atomic mass is 10.1. The summed E-state index contributed by atoms with van der Waals surface area (Å²) in [6.07, 6.45) is -0.352. The Morgan fingerprint density at radius 1 is 1.21 bits per heavy atom. The summed E-state index contributed by atoms with van der Waals surface area (Å²) in [5.74, 6) is 0.817. The van der Waals surface area contributed by atoms with E-state index in [4.69, 9.17) is 4.74 Å². The maximum Gasteiger partial charge on any atom is 0.269 e. The van der Waals surface area contributed by atoms with Crippen LogP contribution in [0.3, 0.4) is 0 Å². The van der Waals surface area contributed by atoms with Crippen LogP contribution in [0.15, 0.2) is 48.5 Å². The molecule has 1 aliphatic heterocycles. The van der Waals surface area contributed by atoms with Gasteiger partial charge < -0.3 is 4.74 Å². The van der Waals surface area contributed by atoms with E-state index in [9.17, 15) is 10.1 Å². The first-order valence-corrected chi connectivity index (χ1v) is 5.96. The predicted octanol–water partition coefficient (Wildman–Crippen LogP) is 2.78. The average molecular weight is 256 g/mol. The van der Waals surface area contributed by atoms with Gasteiger partial charge in [0.2, 0.25) is 0 Å². The van der Waals surface area contributed by atoms with Crippen molar-refractivity contribution in [1.82, 2.24) is 5.32 Å². The van der Waals surface area contributed by atoms with E-state index in [0.29, 0.717) is 6.54 Å². The SMILES string of the molecule is O=[N+]([O-])c1cccc([C@H]2NCc3ccccc3O2)c1. The van der Waals surface area contributed by atoms with Crippen molar-refractivity contribution >= 4 is 5.69 Å². The summed E-state index contributed by atoms with van der Waals surface area (Å²) in [6, 6.07) is 14.3. The number of nitrogens with one attached hydrogen (secondary N) is 1. The van der Waals surface area contributed by atoms with Gasteiger partial charge in [-0.05, 0) is 6.07 Å². The third-order valence-electron chi connectivity index (χ3n) is 3.08. The van der Waals surface area contributed by atoms with E-state index in [-0.39, 0.29) is 11.9 Å². The highest BCUT2D eigenvalue weighted by Crippen LogP contribution is 2.29. The van der Waals surface area contributed by atoms with Crippen molar-refractivity contribution in [3.63, 3.8) is 0 Å². The zero-order chi connectivity index (χ0) is 13.2. The quantitative estimate of drug-likeness (QED) is 0.662. The number of hydrogen-bond donors (Lipinski definition) is 1. The Labute approximate surface area is 110 Å². The first-order chi connectivity index (χ1) is 9.24. The van der Waals surface area contributed by atoms with Gasteiger partial charge in [0.05, 0.1) is 4.92 Å². The third-order valence-corrected chi connectivity index (χ3v) is 3.08. The second-order valence-electron chi connectivity index (χ2n) is 4.34. The maximum atomic E-state index is 10.8. The lowest BCUT2D eigenvalue weighted by Gasteiger charge is -2.27. The summed E-state index contributed by atoms with van der Waals surface area (Å²) in [5, 5.41) is 14.0. The molecular formula is C14H12N2O3. The van der Waals surface area contributed by atoms with E-state index in [2.05, 4.69) is 5.32 Å². The number of nitro benzene ring substituents is 1. The summed E-state index contributed by atoms with van der Waals surface area (Å²) >= 11 is 0. The van der Waals surface area contributed by atoms with E-state index >= 15 is 0 Å². The average Bonchev–Trinajstić information content (AvgIpc) is 2.47. The van der Waals surface area contributed by atoms with Gasteiger partial charge >= 0.3 is 0 Å². The van der Waals surface area contributed by atoms with Crippen LogP contribution in [-0.2, 0) is 6.54 Å². The summed E-state index contributed by atoms with van der Waals surface area (Å²) in [7, 11) is 0. The van der Waals surface area contributed by atoms with Crippen molar-refractivity contribution in [3.05, 3.63) is 69.8 Å². The van der Waals surface area contributed by atoms with Crippen LogP contribution >= 0.6 is 0 Å². The normalized spacial score (nSPS) is 17.4. The highest BCUT2D eigenvalue weighted by Gasteiger charge is 2.21. The Morgan fingerprint density at radius 3 is 2.89 bits per heavy atom. The Bertz CT molecular complexity index is 628. The zero-order valence-corrected chi connectivity index (χ0v) is 10.1. The molecule has 1 atom stereocenters. The summed E-state index contributed by atoms with van der Waals surface area (Å²) in [6.45, 7) is 0.684. The molecule has 2 aromatic rings. The molecule has 0 saturated heterocycles. The first kappa shape index (κ1) is 11.7.